The van der Waals surface area contributed by atoms with E-state index in [4.69, 9.17) is 16.3 Å². The highest BCUT2D eigenvalue weighted by atomic mass is 35.5. The van der Waals surface area contributed by atoms with Gasteiger partial charge in [0.2, 0.25) is 0 Å². The molecule has 5 nitrogen and oxygen atoms in total. The van der Waals surface area contributed by atoms with Gasteiger partial charge < -0.3 is 9.30 Å². The molecule has 0 aliphatic rings. The third-order valence-electron chi connectivity index (χ3n) is 3.62. The van der Waals surface area contributed by atoms with E-state index < -0.39 is 0 Å². The topological polar surface area (TPSA) is 44.9 Å². The van der Waals surface area contributed by atoms with Crippen molar-refractivity contribution in [2.45, 2.75) is 26.5 Å². The summed E-state index contributed by atoms with van der Waals surface area (Å²) in [4.78, 5) is 4.27. The molecule has 0 saturated carbocycles. The maximum atomic E-state index is 6.15. The van der Waals surface area contributed by atoms with E-state index in [0.717, 1.165) is 17.0 Å². The highest BCUT2D eigenvalue weighted by molar-refractivity contribution is 6.32. The van der Waals surface area contributed by atoms with Gasteiger partial charge in [-0.15, -0.1) is 0 Å². The Morgan fingerprint density at radius 3 is 2.78 bits per heavy atom. The van der Waals surface area contributed by atoms with Gasteiger partial charge in [-0.2, -0.15) is 5.10 Å². The van der Waals surface area contributed by atoms with Crippen LogP contribution in [0.1, 0.15) is 12.6 Å². The minimum Gasteiger partial charge on any atom is -0.487 e. The molecule has 23 heavy (non-hydrogen) atoms. The number of hydrogen-bond acceptors (Lipinski definition) is 3. The van der Waals surface area contributed by atoms with E-state index in [0.29, 0.717) is 17.3 Å². The standard InChI is InChI=1S/C17H19ClN4O/c1-12(23-17-7-5-4-6-15(17)18)9-22-11-19-8-16(22)14-10-21(3)20-13(14)2/h4-8,10-12H,9H2,1-3H3/t12-/m0/s1. The average molecular weight is 331 g/mol. The molecular formula is C17H19ClN4O. The number of rotatable bonds is 5. The number of imidazole rings is 1. The van der Waals surface area contributed by atoms with E-state index in [9.17, 15) is 0 Å². The van der Waals surface area contributed by atoms with Crippen LogP contribution in [0.3, 0.4) is 0 Å². The summed E-state index contributed by atoms with van der Waals surface area (Å²) in [5, 5.41) is 5.01. The number of para-hydroxylation sites is 1. The molecule has 2 aromatic heterocycles. The molecule has 0 saturated heterocycles. The highest BCUT2D eigenvalue weighted by Crippen LogP contribution is 2.26. The summed E-state index contributed by atoms with van der Waals surface area (Å²) >= 11 is 6.15. The molecule has 6 heteroatoms. The van der Waals surface area contributed by atoms with E-state index in [1.807, 2.05) is 68.6 Å². The number of aryl methyl sites for hydroxylation is 2. The number of hydrogen-bond donors (Lipinski definition) is 0. The SMILES string of the molecule is Cc1nn(C)cc1-c1cncn1C[C@H](C)Oc1ccccc1Cl. The van der Waals surface area contributed by atoms with Gasteiger partial charge in [-0.25, -0.2) is 4.98 Å². The van der Waals surface area contributed by atoms with Crippen molar-refractivity contribution < 1.29 is 4.74 Å². The van der Waals surface area contributed by atoms with E-state index in [1.165, 1.54) is 0 Å². The van der Waals surface area contributed by atoms with Crippen molar-refractivity contribution in [2.24, 2.45) is 7.05 Å². The second kappa shape index (κ2) is 6.46. The van der Waals surface area contributed by atoms with E-state index in [2.05, 4.69) is 14.6 Å². The number of nitrogens with zero attached hydrogens (tertiary/aromatic N) is 4. The van der Waals surface area contributed by atoms with Crippen LogP contribution in [0, 0.1) is 6.92 Å². The molecule has 0 unspecified atom stereocenters. The maximum absolute atomic E-state index is 6.15. The molecule has 0 aliphatic heterocycles. The molecule has 0 radical (unpaired) electrons. The molecule has 3 rings (SSSR count). The van der Waals surface area contributed by atoms with Crippen LogP contribution in [0.25, 0.3) is 11.3 Å². The van der Waals surface area contributed by atoms with Crippen molar-refractivity contribution in [1.82, 2.24) is 19.3 Å². The van der Waals surface area contributed by atoms with Gasteiger partial charge in [0.15, 0.2) is 0 Å². The summed E-state index contributed by atoms with van der Waals surface area (Å²) in [5.41, 5.74) is 3.09. The molecular weight excluding hydrogens is 312 g/mol. The zero-order chi connectivity index (χ0) is 16.4. The lowest BCUT2D eigenvalue weighted by molar-refractivity contribution is 0.200. The van der Waals surface area contributed by atoms with Crippen LogP contribution in [-0.4, -0.2) is 25.4 Å². The van der Waals surface area contributed by atoms with Crippen LogP contribution in [0.5, 0.6) is 5.75 Å². The molecule has 120 valence electrons. The molecule has 0 N–H and O–H groups in total. The van der Waals surface area contributed by atoms with Crippen LogP contribution < -0.4 is 4.74 Å². The van der Waals surface area contributed by atoms with Crippen molar-refractivity contribution in [1.29, 1.82) is 0 Å². The third kappa shape index (κ3) is 3.40. The van der Waals surface area contributed by atoms with Crippen LogP contribution in [-0.2, 0) is 13.6 Å². The largest absolute Gasteiger partial charge is 0.487 e. The lowest BCUT2D eigenvalue weighted by Gasteiger charge is -2.17. The van der Waals surface area contributed by atoms with Crippen LogP contribution >= 0.6 is 11.6 Å². The molecule has 1 atom stereocenters. The van der Waals surface area contributed by atoms with Crippen molar-refractivity contribution >= 4 is 11.6 Å². The molecule has 3 aromatic rings. The monoisotopic (exact) mass is 330 g/mol. The Morgan fingerprint density at radius 2 is 2.09 bits per heavy atom. The molecule has 0 amide bonds. The van der Waals surface area contributed by atoms with Crippen molar-refractivity contribution in [2.75, 3.05) is 0 Å². The van der Waals surface area contributed by atoms with Crippen molar-refractivity contribution in [3.63, 3.8) is 0 Å². The molecule has 2 heterocycles. The highest BCUT2D eigenvalue weighted by Gasteiger charge is 2.14. The fraction of sp³-hybridized carbons (Fsp3) is 0.294. The molecule has 0 aliphatic carbocycles. The summed E-state index contributed by atoms with van der Waals surface area (Å²) < 4.78 is 9.83. The van der Waals surface area contributed by atoms with Crippen LogP contribution in [0.15, 0.2) is 43.0 Å². The molecule has 0 fully saturated rings. The summed E-state index contributed by atoms with van der Waals surface area (Å²) in [5.74, 6) is 0.695. The molecule has 0 spiro atoms. The Bertz CT molecular complexity index is 809. The first-order chi connectivity index (χ1) is 11.0. The van der Waals surface area contributed by atoms with Gasteiger partial charge in [0.25, 0.3) is 0 Å². The van der Waals surface area contributed by atoms with E-state index in [-0.39, 0.29) is 6.10 Å². The van der Waals surface area contributed by atoms with Gasteiger partial charge >= 0.3 is 0 Å². The van der Waals surface area contributed by atoms with Gasteiger partial charge in [-0.1, -0.05) is 23.7 Å². The minimum absolute atomic E-state index is 0.0418. The third-order valence-corrected chi connectivity index (χ3v) is 3.93. The Hall–Kier alpha value is -2.27. The summed E-state index contributed by atoms with van der Waals surface area (Å²) in [6.45, 7) is 4.69. The first-order valence-corrected chi connectivity index (χ1v) is 7.84. The Labute approximate surface area is 140 Å². The fourth-order valence-electron chi connectivity index (χ4n) is 2.61. The van der Waals surface area contributed by atoms with Gasteiger partial charge in [0, 0.05) is 18.8 Å². The average Bonchev–Trinajstić information content (AvgIpc) is 3.07. The summed E-state index contributed by atoms with van der Waals surface area (Å²) in [6, 6.07) is 7.50. The van der Waals surface area contributed by atoms with Gasteiger partial charge in [-0.3, -0.25) is 4.68 Å². The predicted molar refractivity (Wildman–Crippen MR) is 90.7 cm³/mol. The maximum Gasteiger partial charge on any atom is 0.138 e. The number of benzene rings is 1. The quantitative estimate of drug-likeness (QED) is 0.716. The second-order valence-electron chi connectivity index (χ2n) is 5.59. The predicted octanol–water partition coefficient (Wildman–Crippen LogP) is 3.71. The Kier molecular flexibility index (Phi) is 4.39. The first-order valence-electron chi connectivity index (χ1n) is 7.46. The van der Waals surface area contributed by atoms with Crippen molar-refractivity contribution in [3.05, 3.63) is 53.7 Å². The molecule has 0 bridgehead atoms. The van der Waals surface area contributed by atoms with Crippen LogP contribution in [0.4, 0.5) is 0 Å². The lowest BCUT2D eigenvalue weighted by Crippen LogP contribution is -2.19. The van der Waals surface area contributed by atoms with E-state index in [1.54, 1.807) is 0 Å². The lowest BCUT2D eigenvalue weighted by atomic mass is 10.2. The smallest absolute Gasteiger partial charge is 0.138 e. The Morgan fingerprint density at radius 1 is 1.30 bits per heavy atom. The molecule has 1 aromatic carbocycles. The number of ether oxygens (including phenoxy) is 1. The second-order valence-corrected chi connectivity index (χ2v) is 6.00. The first kappa shape index (κ1) is 15.6. The Balaban J connectivity index is 1.78. The normalized spacial score (nSPS) is 12.3. The zero-order valence-corrected chi connectivity index (χ0v) is 14.2. The zero-order valence-electron chi connectivity index (χ0n) is 13.4. The number of aromatic nitrogens is 4. The number of halogens is 1. The van der Waals surface area contributed by atoms with Crippen molar-refractivity contribution in [3.8, 4) is 17.0 Å². The minimum atomic E-state index is -0.0418. The fourth-order valence-corrected chi connectivity index (χ4v) is 2.79. The van der Waals surface area contributed by atoms with Gasteiger partial charge in [-0.05, 0) is 26.0 Å². The summed E-state index contributed by atoms with van der Waals surface area (Å²) in [7, 11) is 1.92. The van der Waals surface area contributed by atoms with E-state index >= 15 is 0 Å². The van der Waals surface area contributed by atoms with Gasteiger partial charge in [0.1, 0.15) is 11.9 Å². The summed E-state index contributed by atoms with van der Waals surface area (Å²) in [6.07, 6.45) is 5.63. The van der Waals surface area contributed by atoms with Gasteiger partial charge in [0.05, 0.1) is 35.5 Å². The van der Waals surface area contributed by atoms with Crippen LogP contribution in [0.2, 0.25) is 5.02 Å².